The van der Waals surface area contributed by atoms with Crippen molar-refractivity contribution >= 4 is 36.1 Å². The van der Waals surface area contributed by atoms with E-state index in [0.29, 0.717) is 25.2 Å². The van der Waals surface area contributed by atoms with E-state index in [2.05, 4.69) is 37.1 Å². The first-order valence-corrected chi connectivity index (χ1v) is 13.0. The molecule has 9 nitrogen and oxygen atoms in total. The van der Waals surface area contributed by atoms with Gasteiger partial charge in [0.1, 0.15) is 17.9 Å². The lowest BCUT2D eigenvalue weighted by molar-refractivity contribution is -0.123. The first-order valence-electron chi connectivity index (χ1n) is 13.0. The average molecular weight is 517 g/mol. The summed E-state index contributed by atoms with van der Waals surface area (Å²) >= 11 is 0. The van der Waals surface area contributed by atoms with E-state index in [-0.39, 0.29) is 36.3 Å². The number of rotatable bonds is 9. The highest BCUT2D eigenvalue weighted by atomic mass is 16.6. The molecule has 3 amide bonds. The lowest BCUT2D eigenvalue weighted by atomic mass is 9.88. The number of nitrogens with zero attached hydrogens (tertiary/aromatic N) is 3. The molecule has 1 atom stereocenters. The highest BCUT2D eigenvalue weighted by Gasteiger charge is 2.32. The Morgan fingerprint density at radius 2 is 1.73 bits per heavy atom. The van der Waals surface area contributed by atoms with Crippen LogP contribution in [-0.4, -0.2) is 74.0 Å². The summed E-state index contributed by atoms with van der Waals surface area (Å²) in [5.41, 5.74) is 1.77. The summed E-state index contributed by atoms with van der Waals surface area (Å²) in [7, 11) is 3.49. The van der Waals surface area contributed by atoms with Crippen LogP contribution in [0.3, 0.4) is 0 Å². The number of carbonyl (C=O) groups is 4. The van der Waals surface area contributed by atoms with Crippen LogP contribution >= 0.6 is 0 Å². The van der Waals surface area contributed by atoms with Crippen LogP contribution in [0.15, 0.2) is 18.2 Å². The number of likely N-dealkylation sites (N-methyl/N-ethyl adjacent to an activating group) is 1. The Morgan fingerprint density at radius 3 is 2.22 bits per heavy atom. The fourth-order valence-corrected chi connectivity index (χ4v) is 4.45. The lowest BCUT2D eigenvalue weighted by Gasteiger charge is -2.39. The van der Waals surface area contributed by atoms with E-state index < -0.39 is 11.6 Å². The highest BCUT2D eigenvalue weighted by Crippen LogP contribution is 2.38. The smallest absolute Gasteiger partial charge is 0.410 e. The standard InChI is InChI=1S/C28H44N4O5/c1-27(2,3)30(8)24-18-21(20-13-15-31(16-14-20)26(36)37-28(4,5)6)11-12-22(24)32(19-34)23(10-9-17-33)25(35)29-7/h11-12,17-20,23H,9-10,13-16H2,1-8H3,(H,29,35). The molecule has 1 aliphatic heterocycles. The molecular formula is C28H44N4O5. The maximum Gasteiger partial charge on any atom is 0.410 e. The molecule has 206 valence electrons. The van der Waals surface area contributed by atoms with Crippen LogP contribution in [0.2, 0.25) is 0 Å². The normalized spacial score (nSPS) is 15.5. The third kappa shape index (κ3) is 7.94. The molecule has 1 N–H and O–H groups in total. The molecule has 1 unspecified atom stereocenters. The number of ether oxygens (including phenoxy) is 1. The summed E-state index contributed by atoms with van der Waals surface area (Å²) in [6.45, 7) is 13.0. The second-order valence-electron chi connectivity index (χ2n) is 11.6. The molecule has 1 heterocycles. The molecule has 0 radical (unpaired) electrons. The third-order valence-electron chi connectivity index (χ3n) is 6.82. The van der Waals surface area contributed by atoms with Gasteiger partial charge in [-0.25, -0.2) is 4.79 Å². The van der Waals surface area contributed by atoms with E-state index in [4.69, 9.17) is 4.74 Å². The van der Waals surface area contributed by atoms with Gasteiger partial charge in [0.25, 0.3) is 0 Å². The Bertz CT molecular complexity index is 958. The fourth-order valence-electron chi connectivity index (χ4n) is 4.45. The first-order chi connectivity index (χ1) is 17.2. The summed E-state index contributed by atoms with van der Waals surface area (Å²) in [6, 6.07) is 5.17. The molecule has 1 aromatic carbocycles. The summed E-state index contributed by atoms with van der Waals surface area (Å²) < 4.78 is 5.53. The fraction of sp³-hybridized carbons (Fsp3) is 0.643. The van der Waals surface area contributed by atoms with Gasteiger partial charge in [0.05, 0.1) is 11.4 Å². The molecule has 1 saturated heterocycles. The van der Waals surface area contributed by atoms with Gasteiger partial charge in [-0.3, -0.25) is 9.59 Å². The molecular weight excluding hydrogens is 472 g/mol. The largest absolute Gasteiger partial charge is 0.444 e. The zero-order valence-corrected chi connectivity index (χ0v) is 23.7. The number of carbonyl (C=O) groups excluding carboxylic acids is 4. The van der Waals surface area contributed by atoms with Crippen LogP contribution in [0.4, 0.5) is 16.2 Å². The SMILES string of the molecule is CNC(=O)C(CCC=O)N(C=O)c1ccc(C2CCN(C(=O)OC(C)(C)C)CC2)cc1N(C)C(C)(C)C. The van der Waals surface area contributed by atoms with Gasteiger partial charge in [0.15, 0.2) is 0 Å². The van der Waals surface area contributed by atoms with Crippen molar-refractivity contribution in [3.05, 3.63) is 23.8 Å². The highest BCUT2D eigenvalue weighted by molar-refractivity contribution is 5.95. The zero-order chi connectivity index (χ0) is 28.0. The third-order valence-corrected chi connectivity index (χ3v) is 6.82. The van der Waals surface area contributed by atoms with Gasteiger partial charge in [0.2, 0.25) is 12.3 Å². The first kappa shape index (κ1) is 30.1. The van der Waals surface area contributed by atoms with E-state index in [1.54, 1.807) is 4.90 Å². The molecule has 0 spiro atoms. The molecule has 2 rings (SSSR count). The summed E-state index contributed by atoms with van der Waals surface area (Å²) in [4.78, 5) is 53.8. The summed E-state index contributed by atoms with van der Waals surface area (Å²) in [5, 5.41) is 2.62. The van der Waals surface area contributed by atoms with Crippen LogP contribution in [0.1, 0.15) is 78.7 Å². The molecule has 0 bridgehead atoms. The molecule has 1 aliphatic rings. The van der Waals surface area contributed by atoms with Crippen molar-refractivity contribution in [1.29, 1.82) is 0 Å². The van der Waals surface area contributed by atoms with Gasteiger partial charge in [-0.05, 0) is 84.4 Å². The number of hydrogen-bond acceptors (Lipinski definition) is 6. The summed E-state index contributed by atoms with van der Waals surface area (Å²) in [5.74, 6) is -0.0776. The van der Waals surface area contributed by atoms with Gasteiger partial charge < -0.3 is 29.5 Å². The van der Waals surface area contributed by atoms with Crippen molar-refractivity contribution in [2.24, 2.45) is 0 Å². The van der Waals surface area contributed by atoms with Crippen molar-refractivity contribution in [3.63, 3.8) is 0 Å². The number of nitrogens with one attached hydrogen (secondary N) is 1. The molecule has 1 aromatic rings. The van der Waals surface area contributed by atoms with Crippen molar-refractivity contribution in [2.75, 3.05) is 37.0 Å². The Kier molecular flexibility index (Phi) is 10.1. The van der Waals surface area contributed by atoms with E-state index in [9.17, 15) is 19.2 Å². The van der Waals surface area contributed by atoms with Crippen molar-refractivity contribution < 1.29 is 23.9 Å². The molecule has 9 heteroatoms. The zero-order valence-electron chi connectivity index (χ0n) is 23.7. The van der Waals surface area contributed by atoms with Gasteiger partial charge in [0, 0.05) is 39.1 Å². The van der Waals surface area contributed by atoms with Gasteiger partial charge in [-0.1, -0.05) is 6.07 Å². The summed E-state index contributed by atoms with van der Waals surface area (Å²) in [6.07, 6.45) is 3.13. The Hall–Kier alpha value is -3.10. The van der Waals surface area contributed by atoms with Crippen molar-refractivity contribution in [2.45, 2.75) is 90.3 Å². The van der Waals surface area contributed by atoms with E-state index >= 15 is 0 Å². The Balaban J connectivity index is 2.40. The lowest BCUT2D eigenvalue weighted by Crippen LogP contribution is -2.47. The van der Waals surface area contributed by atoms with Crippen LogP contribution < -0.4 is 15.1 Å². The van der Waals surface area contributed by atoms with Gasteiger partial charge in [-0.15, -0.1) is 0 Å². The number of hydrogen-bond donors (Lipinski definition) is 1. The Labute approximate surface area is 221 Å². The molecule has 0 aliphatic carbocycles. The minimum Gasteiger partial charge on any atom is -0.444 e. The van der Waals surface area contributed by atoms with Crippen LogP contribution in [-0.2, 0) is 19.1 Å². The predicted octanol–water partition coefficient (Wildman–Crippen LogP) is 4.09. The second-order valence-corrected chi connectivity index (χ2v) is 11.6. The maximum atomic E-state index is 12.7. The monoisotopic (exact) mass is 516 g/mol. The number of benzene rings is 1. The van der Waals surface area contributed by atoms with E-state index in [0.717, 1.165) is 30.4 Å². The van der Waals surface area contributed by atoms with E-state index in [1.165, 1.54) is 11.9 Å². The van der Waals surface area contributed by atoms with Crippen LogP contribution in [0.5, 0.6) is 0 Å². The number of piperidine rings is 1. The van der Waals surface area contributed by atoms with E-state index in [1.807, 2.05) is 40.0 Å². The minimum atomic E-state index is -0.803. The predicted molar refractivity (Wildman–Crippen MR) is 146 cm³/mol. The number of aldehydes is 1. The second kappa shape index (κ2) is 12.4. The minimum absolute atomic E-state index is 0.168. The quantitative estimate of drug-likeness (QED) is 0.497. The number of likely N-dealkylation sites (tertiary alicyclic amines) is 1. The van der Waals surface area contributed by atoms with Gasteiger partial charge >= 0.3 is 6.09 Å². The number of amides is 3. The van der Waals surface area contributed by atoms with Crippen LogP contribution in [0.25, 0.3) is 0 Å². The van der Waals surface area contributed by atoms with Gasteiger partial charge in [-0.2, -0.15) is 0 Å². The average Bonchev–Trinajstić information content (AvgIpc) is 2.84. The number of anilines is 2. The topological polar surface area (TPSA) is 99.3 Å². The van der Waals surface area contributed by atoms with Crippen LogP contribution in [0, 0.1) is 0 Å². The Morgan fingerprint density at radius 1 is 1.11 bits per heavy atom. The molecule has 0 aromatic heterocycles. The van der Waals surface area contributed by atoms with Crippen molar-refractivity contribution in [3.8, 4) is 0 Å². The maximum absolute atomic E-state index is 12.7. The van der Waals surface area contributed by atoms with Crippen molar-refractivity contribution in [1.82, 2.24) is 10.2 Å². The molecule has 37 heavy (non-hydrogen) atoms. The molecule has 0 saturated carbocycles. The molecule has 1 fully saturated rings.